The van der Waals surface area contributed by atoms with Gasteiger partial charge >= 0.3 is 5.97 Å². The number of aromatic carboxylic acids is 1. The predicted octanol–water partition coefficient (Wildman–Crippen LogP) is 5.45. The van der Waals surface area contributed by atoms with Crippen LogP contribution in [0.5, 0.6) is 0 Å². The van der Waals surface area contributed by atoms with Gasteiger partial charge in [0, 0.05) is 0 Å². The van der Waals surface area contributed by atoms with Crippen LogP contribution in [0.3, 0.4) is 0 Å². The molecule has 2 N–H and O–H groups in total. The maximum Gasteiger partial charge on any atom is 0.335 e. The third-order valence-corrected chi connectivity index (χ3v) is 6.56. The molecule has 0 radical (unpaired) electrons. The first-order chi connectivity index (χ1) is 14.9. The summed E-state index contributed by atoms with van der Waals surface area (Å²) in [7, 11) is -3.65. The van der Waals surface area contributed by atoms with Crippen LogP contribution in [0.15, 0.2) is 77.7 Å². The highest BCUT2D eigenvalue weighted by Gasteiger charge is 2.16. The molecule has 0 saturated heterocycles. The van der Waals surface area contributed by atoms with Crippen LogP contribution in [-0.4, -0.2) is 19.5 Å². The van der Waals surface area contributed by atoms with Crippen LogP contribution in [0.2, 0.25) is 0 Å². The van der Waals surface area contributed by atoms with E-state index >= 15 is 0 Å². The van der Waals surface area contributed by atoms with Crippen LogP contribution < -0.4 is 4.72 Å². The summed E-state index contributed by atoms with van der Waals surface area (Å²) in [6, 6.07) is 21.4. The standard InChI is InChI=1S/C25H27NO4S/c1-19-10-9-15-22(18-19)31(29,30)26-24-17-8-6-14-21(24)13-4-2-3-11-20-12-5-7-16-23(20)25(27)28/h5-10,12,14-18,26H,2-4,11,13H2,1H3,(H,27,28). The van der Waals surface area contributed by atoms with Gasteiger partial charge in [0.05, 0.1) is 16.1 Å². The van der Waals surface area contributed by atoms with Crippen molar-refractivity contribution in [3.63, 3.8) is 0 Å². The predicted molar refractivity (Wildman–Crippen MR) is 123 cm³/mol. The number of anilines is 1. The molecule has 0 atom stereocenters. The highest BCUT2D eigenvalue weighted by atomic mass is 32.2. The number of para-hydroxylation sites is 1. The molecule has 3 aromatic rings. The Morgan fingerprint density at radius 2 is 1.48 bits per heavy atom. The van der Waals surface area contributed by atoms with Gasteiger partial charge in [0.1, 0.15) is 0 Å². The van der Waals surface area contributed by atoms with E-state index < -0.39 is 16.0 Å². The SMILES string of the molecule is Cc1cccc(S(=O)(=O)Nc2ccccc2CCCCCc2ccccc2C(=O)O)c1. The second kappa shape index (κ2) is 10.3. The Morgan fingerprint density at radius 1 is 0.839 bits per heavy atom. The molecule has 31 heavy (non-hydrogen) atoms. The molecule has 0 amide bonds. The first kappa shape index (κ1) is 22.6. The van der Waals surface area contributed by atoms with Crippen LogP contribution in [-0.2, 0) is 22.9 Å². The number of carbonyl (C=O) groups is 1. The molecular weight excluding hydrogens is 410 g/mol. The number of unbranched alkanes of at least 4 members (excludes halogenated alkanes) is 2. The Bertz CT molecular complexity index is 1160. The summed E-state index contributed by atoms with van der Waals surface area (Å²) >= 11 is 0. The van der Waals surface area contributed by atoms with Crippen LogP contribution in [0.4, 0.5) is 5.69 Å². The first-order valence-electron chi connectivity index (χ1n) is 10.4. The van der Waals surface area contributed by atoms with Crippen LogP contribution in [0.25, 0.3) is 0 Å². The lowest BCUT2D eigenvalue weighted by Crippen LogP contribution is -2.14. The largest absolute Gasteiger partial charge is 0.478 e. The number of carboxylic acids is 1. The third-order valence-electron chi connectivity index (χ3n) is 5.20. The molecule has 0 saturated carbocycles. The molecule has 0 aromatic heterocycles. The number of carboxylic acid groups (broad SMARTS) is 1. The summed E-state index contributed by atoms with van der Waals surface area (Å²) in [6.45, 7) is 1.86. The van der Waals surface area contributed by atoms with Gasteiger partial charge in [0.2, 0.25) is 0 Å². The molecule has 6 heteroatoms. The van der Waals surface area contributed by atoms with E-state index in [0.717, 1.165) is 42.4 Å². The molecule has 0 heterocycles. The van der Waals surface area contributed by atoms with Gasteiger partial charge in [0.25, 0.3) is 10.0 Å². The van der Waals surface area contributed by atoms with Crippen LogP contribution in [0, 0.1) is 6.92 Å². The Labute approximate surface area is 183 Å². The minimum atomic E-state index is -3.65. The fourth-order valence-electron chi connectivity index (χ4n) is 3.58. The molecule has 0 aliphatic heterocycles. The normalized spacial score (nSPS) is 11.3. The van der Waals surface area contributed by atoms with Gasteiger partial charge in [-0.1, -0.05) is 55.0 Å². The van der Waals surface area contributed by atoms with Crippen molar-refractivity contribution in [3.05, 3.63) is 95.1 Å². The van der Waals surface area contributed by atoms with Crippen molar-refractivity contribution in [2.75, 3.05) is 4.72 Å². The second-order valence-electron chi connectivity index (χ2n) is 7.60. The van der Waals surface area contributed by atoms with E-state index in [1.165, 1.54) is 0 Å². The summed E-state index contributed by atoms with van der Waals surface area (Å²) in [5, 5.41) is 9.28. The molecule has 162 valence electrons. The van der Waals surface area contributed by atoms with Gasteiger partial charge in [0.15, 0.2) is 0 Å². The van der Waals surface area contributed by atoms with Crippen molar-refractivity contribution in [1.29, 1.82) is 0 Å². The quantitative estimate of drug-likeness (QED) is 0.413. The summed E-state index contributed by atoms with van der Waals surface area (Å²) in [5.74, 6) is -0.898. The second-order valence-corrected chi connectivity index (χ2v) is 9.28. The molecule has 3 rings (SSSR count). The maximum absolute atomic E-state index is 12.8. The van der Waals surface area contributed by atoms with E-state index in [-0.39, 0.29) is 4.90 Å². The van der Waals surface area contributed by atoms with Crippen LogP contribution in [0.1, 0.15) is 46.3 Å². The lowest BCUT2D eigenvalue weighted by molar-refractivity contribution is 0.0695. The Kier molecular flexibility index (Phi) is 7.47. The van der Waals surface area contributed by atoms with Crippen molar-refractivity contribution in [1.82, 2.24) is 0 Å². The zero-order valence-corrected chi connectivity index (χ0v) is 18.4. The molecule has 0 aliphatic rings. The van der Waals surface area contributed by atoms with Crippen molar-refractivity contribution in [2.45, 2.75) is 43.9 Å². The monoisotopic (exact) mass is 437 g/mol. The third kappa shape index (κ3) is 6.18. The van der Waals surface area contributed by atoms with E-state index in [0.29, 0.717) is 17.7 Å². The van der Waals surface area contributed by atoms with Gasteiger partial charge in [-0.05, 0) is 73.6 Å². The first-order valence-corrected chi connectivity index (χ1v) is 11.8. The topological polar surface area (TPSA) is 83.5 Å². The van der Waals surface area contributed by atoms with E-state index in [2.05, 4.69) is 4.72 Å². The Morgan fingerprint density at radius 3 is 2.19 bits per heavy atom. The lowest BCUT2D eigenvalue weighted by atomic mass is 9.99. The van der Waals surface area contributed by atoms with E-state index in [4.69, 9.17) is 0 Å². The summed E-state index contributed by atoms with van der Waals surface area (Å²) in [4.78, 5) is 11.6. The van der Waals surface area contributed by atoms with Gasteiger partial charge in [-0.25, -0.2) is 13.2 Å². The zero-order valence-electron chi connectivity index (χ0n) is 17.5. The molecule has 3 aromatic carbocycles. The summed E-state index contributed by atoms with van der Waals surface area (Å²) < 4.78 is 28.3. The Hall–Kier alpha value is -3.12. The number of nitrogens with one attached hydrogen (secondary N) is 1. The lowest BCUT2D eigenvalue weighted by Gasteiger charge is -2.13. The number of benzene rings is 3. The van der Waals surface area contributed by atoms with E-state index in [1.54, 1.807) is 36.4 Å². The van der Waals surface area contributed by atoms with Gasteiger partial charge in [-0.15, -0.1) is 0 Å². The smallest absolute Gasteiger partial charge is 0.335 e. The number of sulfonamides is 1. The zero-order chi connectivity index (χ0) is 22.3. The van der Waals surface area contributed by atoms with Crippen molar-refractivity contribution in [2.24, 2.45) is 0 Å². The number of hydrogen-bond acceptors (Lipinski definition) is 3. The fraction of sp³-hybridized carbons (Fsp3) is 0.240. The average Bonchev–Trinajstić information content (AvgIpc) is 2.74. The highest BCUT2D eigenvalue weighted by Crippen LogP contribution is 2.23. The van der Waals surface area contributed by atoms with Crippen molar-refractivity contribution >= 4 is 21.7 Å². The molecule has 0 fully saturated rings. The minimum Gasteiger partial charge on any atom is -0.478 e. The molecule has 0 unspecified atom stereocenters. The molecule has 0 aliphatic carbocycles. The van der Waals surface area contributed by atoms with Gasteiger partial charge in [-0.3, -0.25) is 4.72 Å². The highest BCUT2D eigenvalue weighted by molar-refractivity contribution is 7.92. The summed E-state index contributed by atoms with van der Waals surface area (Å²) in [5.41, 5.74) is 3.64. The molecule has 5 nitrogen and oxygen atoms in total. The van der Waals surface area contributed by atoms with Crippen LogP contribution >= 0.6 is 0 Å². The fourth-order valence-corrected chi connectivity index (χ4v) is 4.78. The Balaban J connectivity index is 1.58. The number of aryl methyl sites for hydroxylation is 3. The average molecular weight is 438 g/mol. The minimum absolute atomic E-state index is 0.249. The molecule has 0 spiro atoms. The van der Waals surface area contributed by atoms with E-state index in [1.807, 2.05) is 43.3 Å². The molecule has 0 bridgehead atoms. The van der Waals surface area contributed by atoms with Crippen molar-refractivity contribution < 1.29 is 18.3 Å². The summed E-state index contributed by atoms with van der Waals surface area (Å²) in [6.07, 6.45) is 4.14. The molecular formula is C25H27NO4S. The number of rotatable bonds is 10. The van der Waals surface area contributed by atoms with Gasteiger partial charge < -0.3 is 5.11 Å². The van der Waals surface area contributed by atoms with Gasteiger partial charge in [-0.2, -0.15) is 0 Å². The van der Waals surface area contributed by atoms with E-state index in [9.17, 15) is 18.3 Å². The van der Waals surface area contributed by atoms with Crippen molar-refractivity contribution in [3.8, 4) is 0 Å². The maximum atomic E-state index is 12.8. The number of hydrogen-bond donors (Lipinski definition) is 2.